The van der Waals surface area contributed by atoms with E-state index in [0.717, 1.165) is 16.6 Å². The van der Waals surface area contributed by atoms with E-state index in [4.69, 9.17) is 9.47 Å². The number of rotatable bonds is 5. The first-order valence-corrected chi connectivity index (χ1v) is 7.62. The Hall–Kier alpha value is -3.30. The average Bonchev–Trinajstić information content (AvgIpc) is 2.67. The number of aliphatic hydroxyl groups is 1. The normalized spacial score (nSPS) is 10.3. The molecule has 0 saturated heterocycles. The summed E-state index contributed by atoms with van der Waals surface area (Å²) in [7, 11) is 3.11. The maximum atomic E-state index is 9.46. The summed E-state index contributed by atoms with van der Waals surface area (Å²) in [6.45, 7) is -0.0528. The second-order valence-electron chi connectivity index (χ2n) is 5.34. The van der Waals surface area contributed by atoms with Crippen molar-refractivity contribution in [3.8, 4) is 17.6 Å². The van der Waals surface area contributed by atoms with Crippen LogP contribution in [0.1, 0.15) is 11.1 Å². The molecule has 0 saturated carbocycles. The topological polar surface area (TPSA) is 87.4 Å². The molecular formula is C19H17N3O3. The molecular weight excluding hydrogens is 318 g/mol. The summed E-state index contributed by atoms with van der Waals surface area (Å²) in [4.78, 5) is 4.36. The standard InChI is InChI=1S/C19H17N3O3/c1-24-16-7-6-15-17(22-14-5-3-4-12(8-14)11-23)13(9-20)10-21-18(15)19(16)25-2/h3-8,10,23H,11H2,1-2H3,(H,21,22). The Morgan fingerprint density at radius 3 is 2.72 bits per heavy atom. The summed E-state index contributed by atoms with van der Waals surface area (Å²) in [5.41, 5.74) is 3.19. The van der Waals surface area contributed by atoms with Crippen molar-refractivity contribution < 1.29 is 14.6 Å². The number of aromatic nitrogens is 1. The molecule has 6 nitrogen and oxygen atoms in total. The Morgan fingerprint density at radius 2 is 2.04 bits per heavy atom. The van der Waals surface area contributed by atoms with Gasteiger partial charge in [-0.25, -0.2) is 0 Å². The van der Waals surface area contributed by atoms with Gasteiger partial charge in [0.15, 0.2) is 11.5 Å². The van der Waals surface area contributed by atoms with Gasteiger partial charge in [0.05, 0.1) is 32.1 Å². The number of pyridine rings is 1. The van der Waals surface area contributed by atoms with Crippen LogP contribution in [0.25, 0.3) is 10.9 Å². The number of hydrogen-bond acceptors (Lipinski definition) is 6. The second-order valence-corrected chi connectivity index (χ2v) is 5.34. The average molecular weight is 335 g/mol. The molecule has 0 radical (unpaired) electrons. The number of nitriles is 1. The quantitative estimate of drug-likeness (QED) is 0.743. The molecule has 0 aliphatic carbocycles. The fourth-order valence-corrected chi connectivity index (χ4v) is 2.69. The van der Waals surface area contributed by atoms with Gasteiger partial charge in [0.2, 0.25) is 0 Å². The third kappa shape index (κ3) is 3.05. The summed E-state index contributed by atoms with van der Waals surface area (Å²) < 4.78 is 10.7. The summed E-state index contributed by atoms with van der Waals surface area (Å²) in [6, 6.07) is 13.1. The van der Waals surface area contributed by atoms with E-state index in [1.807, 2.05) is 30.3 Å². The van der Waals surface area contributed by atoms with Crippen LogP contribution < -0.4 is 14.8 Å². The smallest absolute Gasteiger partial charge is 0.187 e. The van der Waals surface area contributed by atoms with E-state index in [1.165, 1.54) is 6.20 Å². The molecule has 0 unspecified atom stereocenters. The minimum Gasteiger partial charge on any atom is -0.493 e. The lowest BCUT2D eigenvalue weighted by Gasteiger charge is -2.15. The van der Waals surface area contributed by atoms with Gasteiger partial charge < -0.3 is 19.9 Å². The highest BCUT2D eigenvalue weighted by atomic mass is 16.5. The summed E-state index contributed by atoms with van der Waals surface area (Å²) in [5.74, 6) is 1.08. The van der Waals surface area contributed by atoms with Crippen LogP contribution in [0.15, 0.2) is 42.6 Å². The van der Waals surface area contributed by atoms with Crippen LogP contribution in [-0.2, 0) is 6.61 Å². The van der Waals surface area contributed by atoms with Crippen molar-refractivity contribution in [2.45, 2.75) is 6.61 Å². The van der Waals surface area contributed by atoms with Crippen molar-refractivity contribution in [2.75, 3.05) is 19.5 Å². The van der Waals surface area contributed by atoms with Crippen molar-refractivity contribution in [3.63, 3.8) is 0 Å². The summed E-state index contributed by atoms with van der Waals surface area (Å²) in [6.07, 6.45) is 1.50. The number of aliphatic hydroxyl groups excluding tert-OH is 1. The molecule has 0 atom stereocenters. The van der Waals surface area contributed by atoms with Crippen molar-refractivity contribution in [2.24, 2.45) is 0 Å². The molecule has 0 spiro atoms. The number of hydrogen-bond donors (Lipinski definition) is 2. The van der Waals surface area contributed by atoms with Gasteiger partial charge in [-0.1, -0.05) is 12.1 Å². The van der Waals surface area contributed by atoms with Crippen molar-refractivity contribution in [1.82, 2.24) is 4.98 Å². The number of benzene rings is 2. The predicted molar refractivity (Wildman–Crippen MR) is 95.2 cm³/mol. The van der Waals surface area contributed by atoms with Crippen molar-refractivity contribution in [3.05, 3.63) is 53.7 Å². The van der Waals surface area contributed by atoms with E-state index in [-0.39, 0.29) is 6.61 Å². The van der Waals surface area contributed by atoms with Crippen LogP contribution in [0.2, 0.25) is 0 Å². The lowest BCUT2D eigenvalue weighted by atomic mass is 10.1. The fraction of sp³-hybridized carbons (Fsp3) is 0.158. The molecule has 3 aromatic rings. The molecule has 0 aliphatic rings. The number of nitrogens with zero attached hydrogens (tertiary/aromatic N) is 2. The van der Waals surface area contributed by atoms with E-state index < -0.39 is 0 Å². The van der Waals surface area contributed by atoms with Crippen LogP contribution in [0.5, 0.6) is 11.5 Å². The van der Waals surface area contributed by atoms with Gasteiger partial charge in [-0.2, -0.15) is 5.26 Å². The molecule has 0 fully saturated rings. The molecule has 2 N–H and O–H groups in total. The molecule has 1 aromatic heterocycles. The lowest BCUT2D eigenvalue weighted by molar-refractivity contribution is 0.282. The first-order chi connectivity index (χ1) is 12.2. The Kier molecular flexibility index (Phi) is 4.68. The zero-order valence-electron chi connectivity index (χ0n) is 13.9. The van der Waals surface area contributed by atoms with Crippen LogP contribution in [-0.4, -0.2) is 24.3 Å². The zero-order valence-corrected chi connectivity index (χ0v) is 13.9. The third-order valence-electron chi connectivity index (χ3n) is 3.88. The number of fused-ring (bicyclic) bond motifs is 1. The van der Waals surface area contributed by atoms with Crippen LogP contribution in [0.3, 0.4) is 0 Å². The monoisotopic (exact) mass is 335 g/mol. The maximum Gasteiger partial charge on any atom is 0.187 e. The van der Waals surface area contributed by atoms with E-state index in [1.54, 1.807) is 20.3 Å². The van der Waals surface area contributed by atoms with Gasteiger partial charge in [-0.05, 0) is 29.8 Å². The van der Waals surface area contributed by atoms with Gasteiger partial charge in [-0.3, -0.25) is 4.98 Å². The van der Waals surface area contributed by atoms with Crippen molar-refractivity contribution >= 4 is 22.3 Å². The SMILES string of the molecule is COc1ccc2c(Nc3cccc(CO)c3)c(C#N)cnc2c1OC. The highest BCUT2D eigenvalue weighted by Gasteiger charge is 2.16. The molecule has 0 aliphatic heterocycles. The number of ether oxygens (including phenoxy) is 2. The molecule has 126 valence electrons. The maximum absolute atomic E-state index is 9.46. The molecule has 2 aromatic carbocycles. The van der Waals surface area contributed by atoms with Crippen LogP contribution >= 0.6 is 0 Å². The highest BCUT2D eigenvalue weighted by molar-refractivity contribution is 5.99. The van der Waals surface area contributed by atoms with E-state index in [9.17, 15) is 10.4 Å². The van der Waals surface area contributed by atoms with Gasteiger partial charge in [0.25, 0.3) is 0 Å². The van der Waals surface area contributed by atoms with Crippen LogP contribution in [0.4, 0.5) is 11.4 Å². The predicted octanol–water partition coefficient (Wildman–Crippen LogP) is 3.36. The van der Waals surface area contributed by atoms with Gasteiger partial charge in [0, 0.05) is 17.3 Å². The first-order valence-electron chi connectivity index (χ1n) is 7.62. The minimum atomic E-state index is -0.0528. The Labute approximate surface area is 145 Å². The molecule has 3 rings (SSSR count). The lowest BCUT2D eigenvalue weighted by Crippen LogP contribution is -1.99. The number of methoxy groups -OCH3 is 2. The molecule has 25 heavy (non-hydrogen) atoms. The molecule has 1 heterocycles. The minimum absolute atomic E-state index is 0.0528. The molecule has 0 bridgehead atoms. The Morgan fingerprint density at radius 1 is 1.20 bits per heavy atom. The third-order valence-corrected chi connectivity index (χ3v) is 3.88. The van der Waals surface area contributed by atoms with Crippen molar-refractivity contribution in [1.29, 1.82) is 5.26 Å². The molecule has 6 heteroatoms. The van der Waals surface area contributed by atoms with E-state index >= 15 is 0 Å². The largest absolute Gasteiger partial charge is 0.493 e. The number of nitrogens with one attached hydrogen (secondary N) is 1. The van der Waals surface area contributed by atoms with E-state index in [0.29, 0.717) is 28.3 Å². The summed E-state index contributed by atoms with van der Waals surface area (Å²) >= 11 is 0. The van der Waals surface area contributed by atoms with Gasteiger partial charge in [-0.15, -0.1) is 0 Å². The van der Waals surface area contributed by atoms with Gasteiger partial charge >= 0.3 is 0 Å². The van der Waals surface area contributed by atoms with Crippen LogP contribution in [0, 0.1) is 11.3 Å². The second kappa shape index (κ2) is 7.07. The van der Waals surface area contributed by atoms with E-state index in [2.05, 4.69) is 16.4 Å². The van der Waals surface area contributed by atoms with Gasteiger partial charge in [0.1, 0.15) is 11.6 Å². The summed E-state index contributed by atoms with van der Waals surface area (Å²) in [5, 5.41) is 22.8. The molecule has 0 amide bonds. The Bertz CT molecular complexity index is 964. The Balaban J connectivity index is 2.20. The zero-order chi connectivity index (χ0) is 17.8. The first kappa shape index (κ1) is 16.6. The number of anilines is 2. The fourth-order valence-electron chi connectivity index (χ4n) is 2.69. The highest BCUT2D eigenvalue weighted by Crippen LogP contribution is 2.38.